The van der Waals surface area contributed by atoms with Gasteiger partial charge in [-0.05, 0) is 63.2 Å². The molecule has 5 aliphatic rings. The molecule has 0 atom stereocenters. The molecule has 0 radical (unpaired) electrons. The van der Waals surface area contributed by atoms with Crippen LogP contribution in [0.15, 0.2) is 47.6 Å². The zero-order valence-corrected chi connectivity index (χ0v) is 13.7. The highest BCUT2D eigenvalue weighted by atomic mass is 14.6. The predicted molar refractivity (Wildman–Crippen MR) is 103 cm³/mol. The van der Waals surface area contributed by atoms with Gasteiger partial charge in [0.2, 0.25) is 0 Å². The lowest BCUT2D eigenvalue weighted by Gasteiger charge is -2.43. The summed E-state index contributed by atoms with van der Waals surface area (Å²) in [5, 5.41) is 0. The Labute approximate surface area is 140 Å². The molecule has 0 aromatic carbocycles. The quantitative estimate of drug-likeness (QED) is 0.431. The van der Waals surface area contributed by atoms with Crippen molar-refractivity contribution in [3.05, 3.63) is 47.6 Å². The lowest BCUT2D eigenvalue weighted by Crippen LogP contribution is -2.32. The minimum Gasteiger partial charge on any atom is -0.0805 e. The minimum atomic E-state index is 0. The van der Waals surface area contributed by atoms with E-state index in [4.69, 9.17) is 0 Å². The van der Waals surface area contributed by atoms with Gasteiger partial charge in [-0.3, -0.25) is 0 Å². The second-order valence-electron chi connectivity index (χ2n) is 7.71. The third kappa shape index (κ3) is 5.99. The van der Waals surface area contributed by atoms with Crippen LogP contribution < -0.4 is 0 Å². The second-order valence-corrected chi connectivity index (χ2v) is 7.71. The summed E-state index contributed by atoms with van der Waals surface area (Å²) in [4.78, 5) is 0. The fraction of sp³-hybridized carbons (Fsp3) is 0.636. The van der Waals surface area contributed by atoms with Gasteiger partial charge in [-0.15, -0.1) is 0 Å². The van der Waals surface area contributed by atoms with Crippen LogP contribution in [0.2, 0.25) is 0 Å². The van der Waals surface area contributed by atoms with Crippen molar-refractivity contribution in [1.82, 2.24) is 0 Å². The maximum absolute atomic E-state index is 2.43. The summed E-state index contributed by atoms with van der Waals surface area (Å²) >= 11 is 0. The first-order chi connectivity index (χ1) is 9.41. The maximum atomic E-state index is 2.43. The molecule has 0 aliphatic heterocycles. The molecule has 0 aromatic rings. The number of allylic oxidation sites excluding steroid dienone is 8. The first-order valence-corrected chi connectivity index (χ1v) is 8.07. The summed E-state index contributed by atoms with van der Waals surface area (Å²) in [5.41, 5.74) is 4.47. The molecule has 0 aromatic heterocycles. The molecule has 0 nitrogen and oxygen atoms in total. The van der Waals surface area contributed by atoms with Gasteiger partial charge in [-0.25, -0.2) is 0 Å². The highest BCUT2D eigenvalue weighted by molar-refractivity contribution is 5.23. The van der Waals surface area contributed by atoms with Crippen LogP contribution in [0.5, 0.6) is 0 Å². The number of fused-ring (bicyclic) bond motifs is 1. The van der Waals surface area contributed by atoms with Crippen LogP contribution in [0.3, 0.4) is 0 Å². The van der Waals surface area contributed by atoms with Crippen molar-refractivity contribution in [3.63, 3.8) is 0 Å². The highest BCUT2D eigenvalue weighted by Gasteiger charge is 2.54. The van der Waals surface area contributed by atoms with E-state index in [0.717, 1.165) is 17.3 Å². The Morgan fingerprint density at radius 2 is 1.50 bits per heavy atom. The van der Waals surface area contributed by atoms with Gasteiger partial charge in [0.25, 0.3) is 0 Å². The van der Waals surface area contributed by atoms with Crippen molar-refractivity contribution in [2.24, 2.45) is 10.8 Å². The molecule has 5 rings (SSSR count). The Hall–Kier alpha value is -1.04. The van der Waals surface area contributed by atoms with Crippen molar-refractivity contribution in [1.29, 1.82) is 0 Å². The summed E-state index contributed by atoms with van der Waals surface area (Å²) in [6.45, 7) is 9.12. The number of hydrogen-bond acceptors (Lipinski definition) is 0. The van der Waals surface area contributed by atoms with E-state index < -0.39 is 0 Å². The van der Waals surface area contributed by atoms with E-state index in [2.05, 4.69) is 64.2 Å². The summed E-state index contributed by atoms with van der Waals surface area (Å²) in [6, 6.07) is 0. The first kappa shape index (κ1) is 21.0. The van der Waals surface area contributed by atoms with Crippen LogP contribution in [-0.2, 0) is 0 Å². The van der Waals surface area contributed by atoms with Gasteiger partial charge in [-0.1, -0.05) is 76.3 Å². The fourth-order valence-electron chi connectivity index (χ4n) is 4.10. The molecule has 0 amide bonds. The molecule has 22 heavy (non-hydrogen) atoms. The van der Waals surface area contributed by atoms with E-state index in [9.17, 15) is 0 Å². The Bertz CT molecular complexity index is 434. The van der Waals surface area contributed by atoms with Crippen molar-refractivity contribution >= 4 is 0 Å². The molecule has 0 N–H and O–H groups in total. The summed E-state index contributed by atoms with van der Waals surface area (Å²) in [7, 11) is 0. The number of hydrogen-bond donors (Lipinski definition) is 0. The summed E-state index contributed by atoms with van der Waals surface area (Å²) in [5.74, 6) is 0. The van der Waals surface area contributed by atoms with Crippen LogP contribution in [0, 0.1) is 10.8 Å². The number of rotatable bonds is 0. The van der Waals surface area contributed by atoms with Gasteiger partial charge < -0.3 is 0 Å². The molecular formula is C22H38. The predicted octanol–water partition coefficient (Wildman–Crippen LogP) is 7.64. The van der Waals surface area contributed by atoms with Crippen LogP contribution >= 0.6 is 0 Å². The third-order valence-electron chi connectivity index (χ3n) is 4.95. The van der Waals surface area contributed by atoms with Gasteiger partial charge in [0, 0.05) is 0 Å². The molecule has 3 saturated carbocycles. The van der Waals surface area contributed by atoms with Gasteiger partial charge in [0.05, 0.1) is 0 Å². The second kappa shape index (κ2) is 8.56. The molecule has 0 spiro atoms. The molecular weight excluding hydrogens is 264 g/mol. The van der Waals surface area contributed by atoms with E-state index in [1.165, 1.54) is 43.3 Å². The van der Waals surface area contributed by atoms with E-state index in [1.54, 1.807) is 0 Å². The SMILES string of the molecule is C.C.CC12CCC(C)(C1)C2.CC1=CC=CC1.CC1=CCC=C1. The van der Waals surface area contributed by atoms with Crippen molar-refractivity contribution in [3.8, 4) is 0 Å². The van der Waals surface area contributed by atoms with Gasteiger partial charge >= 0.3 is 0 Å². The Morgan fingerprint density at radius 1 is 0.909 bits per heavy atom. The Kier molecular flexibility index (Phi) is 8.15. The molecule has 0 heteroatoms. The van der Waals surface area contributed by atoms with Crippen LogP contribution in [0.1, 0.15) is 81.1 Å². The Morgan fingerprint density at radius 3 is 1.64 bits per heavy atom. The van der Waals surface area contributed by atoms with Crippen molar-refractivity contribution in [2.75, 3.05) is 0 Å². The monoisotopic (exact) mass is 302 g/mol. The summed E-state index contributed by atoms with van der Waals surface area (Å²) in [6.07, 6.45) is 21.2. The molecule has 3 fully saturated rings. The molecule has 126 valence electrons. The van der Waals surface area contributed by atoms with E-state index in [1.807, 2.05) is 0 Å². The van der Waals surface area contributed by atoms with Crippen molar-refractivity contribution in [2.45, 2.75) is 81.1 Å². The smallest absolute Gasteiger partial charge is 0.0135 e. The van der Waals surface area contributed by atoms with Gasteiger partial charge in [0.15, 0.2) is 0 Å². The highest BCUT2D eigenvalue weighted by Crippen LogP contribution is 2.66. The topological polar surface area (TPSA) is 0 Å². The summed E-state index contributed by atoms with van der Waals surface area (Å²) < 4.78 is 0. The standard InChI is InChI=1S/C8H14.2C6H8.2CH4/c1-7-3-4-8(2,5-7)6-7;2*1-6-4-2-3-5-6;;/h3-6H2,1-2H3;2,4-5H,3H2,1H3;2-4H,5H2,1H3;2*1H4. The van der Waals surface area contributed by atoms with Crippen molar-refractivity contribution < 1.29 is 0 Å². The van der Waals surface area contributed by atoms with E-state index >= 15 is 0 Å². The average Bonchev–Trinajstić information content (AvgIpc) is 3.08. The minimum absolute atomic E-state index is 0. The molecule has 0 saturated heterocycles. The van der Waals surface area contributed by atoms with Crippen LogP contribution in [0.4, 0.5) is 0 Å². The fourth-order valence-corrected chi connectivity index (χ4v) is 4.10. The molecule has 5 aliphatic carbocycles. The normalized spacial score (nSPS) is 32.2. The first-order valence-electron chi connectivity index (χ1n) is 8.07. The van der Waals surface area contributed by atoms with E-state index in [0.29, 0.717) is 0 Å². The lowest BCUT2D eigenvalue weighted by molar-refractivity contribution is 0.0803. The Balaban J connectivity index is 0.000000292. The molecule has 2 bridgehead atoms. The maximum Gasteiger partial charge on any atom is -0.0135 e. The van der Waals surface area contributed by atoms with Crippen LogP contribution in [0.25, 0.3) is 0 Å². The van der Waals surface area contributed by atoms with Crippen LogP contribution in [-0.4, -0.2) is 0 Å². The zero-order valence-electron chi connectivity index (χ0n) is 13.7. The molecule has 0 heterocycles. The zero-order chi connectivity index (χ0) is 14.6. The largest absolute Gasteiger partial charge is 0.0805 e. The average molecular weight is 303 g/mol. The van der Waals surface area contributed by atoms with Gasteiger partial charge in [-0.2, -0.15) is 0 Å². The van der Waals surface area contributed by atoms with E-state index in [-0.39, 0.29) is 14.9 Å². The molecule has 0 unspecified atom stereocenters. The lowest BCUT2D eigenvalue weighted by atomic mass is 9.62. The van der Waals surface area contributed by atoms with Gasteiger partial charge in [0.1, 0.15) is 0 Å². The third-order valence-corrected chi connectivity index (χ3v) is 4.95.